The fraction of sp³-hybridized carbons (Fsp3) is 0.667. The molecule has 18 heavy (non-hydrogen) atoms. The van der Waals surface area contributed by atoms with Gasteiger partial charge in [-0.15, -0.1) is 0 Å². The highest BCUT2D eigenvalue weighted by Crippen LogP contribution is 2.06. The lowest BCUT2D eigenvalue weighted by Crippen LogP contribution is -2.35. The maximum absolute atomic E-state index is 4.71. The molecule has 0 spiro atoms. The van der Waals surface area contributed by atoms with E-state index in [0.29, 0.717) is 0 Å². The van der Waals surface area contributed by atoms with Gasteiger partial charge in [0, 0.05) is 18.6 Å². The average molecular weight is 249 g/mol. The molecule has 0 fully saturated rings. The molecule has 0 bridgehead atoms. The van der Waals surface area contributed by atoms with Crippen LogP contribution in [0.5, 0.6) is 0 Å². The van der Waals surface area contributed by atoms with E-state index in [1.165, 1.54) is 0 Å². The van der Waals surface area contributed by atoms with Crippen LogP contribution in [0, 0.1) is 0 Å². The van der Waals surface area contributed by atoms with Gasteiger partial charge in [0.2, 0.25) is 0 Å². The monoisotopic (exact) mass is 249 g/mol. The fourth-order valence-electron chi connectivity index (χ4n) is 1.75. The topological polar surface area (TPSA) is 28.2 Å². The van der Waals surface area contributed by atoms with E-state index in [1.807, 2.05) is 0 Å². The Balaban J connectivity index is 2.62. The summed E-state index contributed by atoms with van der Waals surface area (Å²) < 4.78 is 0. The quantitative estimate of drug-likeness (QED) is 0.840. The van der Waals surface area contributed by atoms with E-state index < -0.39 is 0 Å². The summed E-state index contributed by atoms with van der Waals surface area (Å²) in [5, 5.41) is 3.47. The lowest BCUT2D eigenvalue weighted by molar-refractivity contribution is 0.292. The van der Waals surface area contributed by atoms with E-state index in [9.17, 15) is 0 Å². The summed E-state index contributed by atoms with van der Waals surface area (Å²) in [6.45, 7) is 14.8. The first-order chi connectivity index (χ1) is 8.44. The van der Waals surface area contributed by atoms with Gasteiger partial charge in [-0.25, -0.2) is 0 Å². The van der Waals surface area contributed by atoms with Crippen molar-refractivity contribution in [3.05, 3.63) is 29.6 Å². The minimum atomic E-state index is 0.135. The lowest BCUT2D eigenvalue weighted by Gasteiger charge is -2.21. The number of pyridine rings is 1. The van der Waals surface area contributed by atoms with E-state index in [1.54, 1.807) is 0 Å². The Bertz CT molecular complexity index is 351. The van der Waals surface area contributed by atoms with Gasteiger partial charge in [0.15, 0.2) is 0 Å². The maximum Gasteiger partial charge on any atom is 0.0547 e. The number of hydrogen-bond acceptors (Lipinski definition) is 3. The van der Waals surface area contributed by atoms with Crippen molar-refractivity contribution in [3.63, 3.8) is 0 Å². The summed E-state index contributed by atoms with van der Waals surface area (Å²) in [4.78, 5) is 7.09. The predicted octanol–water partition coefficient (Wildman–Crippen LogP) is 2.81. The molecular weight excluding hydrogens is 222 g/mol. The molecule has 0 saturated carbocycles. The standard InChI is InChI=1S/C15H27N3/c1-6-18(7-2)12-14-10-8-9-13(17-14)11-16-15(3,4)5/h8-10,16H,6-7,11-12H2,1-5H3. The zero-order valence-electron chi connectivity index (χ0n) is 12.5. The first-order valence-corrected chi connectivity index (χ1v) is 6.86. The molecule has 0 aromatic carbocycles. The van der Waals surface area contributed by atoms with E-state index in [-0.39, 0.29) is 5.54 Å². The summed E-state index contributed by atoms with van der Waals surface area (Å²) in [6, 6.07) is 6.30. The molecule has 3 nitrogen and oxygen atoms in total. The molecule has 1 rings (SSSR count). The molecule has 0 amide bonds. The predicted molar refractivity (Wildman–Crippen MR) is 77.5 cm³/mol. The minimum absolute atomic E-state index is 0.135. The Labute approximate surface area is 112 Å². The molecular formula is C15H27N3. The highest BCUT2D eigenvalue weighted by atomic mass is 15.1. The molecule has 0 aliphatic rings. The Kier molecular flexibility index (Phi) is 5.76. The third-order valence-corrected chi connectivity index (χ3v) is 2.94. The van der Waals surface area contributed by atoms with Crippen LogP contribution in [0.2, 0.25) is 0 Å². The Hall–Kier alpha value is -0.930. The highest BCUT2D eigenvalue weighted by molar-refractivity contribution is 5.11. The van der Waals surface area contributed by atoms with E-state index in [0.717, 1.165) is 37.6 Å². The van der Waals surface area contributed by atoms with Crippen molar-refractivity contribution in [2.75, 3.05) is 13.1 Å². The van der Waals surface area contributed by atoms with Crippen LogP contribution in [0.25, 0.3) is 0 Å². The van der Waals surface area contributed by atoms with Gasteiger partial charge in [0.25, 0.3) is 0 Å². The van der Waals surface area contributed by atoms with Crippen LogP contribution in [-0.2, 0) is 13.1 Å². The molecule has 3 heteroatoms. The molecule has 0 unspecified atom stereocenters. The molecule has 1 heterocycles. The van der Waals surface area contributed by atoms with E-state index >= 15 is 0 Å². The van der Waals surface area contributed by atoms with Gasteiger partial charge in [0.05, 0.1) is 11.4 Å². The molecule has 0 radical (unpaired) electrons. The second-order valence-electron chi connectivity index (χ2n) is 5.69. The van der Waals surface area contributed by atoms with Crippen LogP contribution < -0.4 is 5.32 Å². The Morgan fingerprint density at radius 2 is 1.72 bits per heavy atom. The second-order valence-corrected chi connectivity index (χ2v) is 5.69. The number of aromatic nitrogens is 1. The molecule has 1 aromatic heterocycles. The van der Waals surface area contributed by atoms with Crippen molar-refractivity contribution >= 4 is 0 Å². The zero-order chi connectivity index (χ0) is 13.6. The van der Waals surface area contributed by atoms with Gasteiger partial charge in [-0.3, -0.25) is 9.88 Å². The van der Waals surface area contributed by atoms with Crippen molar-refractivity contribution in [1.82, 2.24) is 15.2 Å². The summed E-state index contributed by atoms with van der Waals surface area (Å²) in [6.07, 6.45) is 0. The molecule has 1 aromatic rings. The van der Waals surface area contributed by atoms with Crippen LogP contribution in [0.3, 0.4) is 0 Å². The molecule has 102 valence electrons. The van der Waals surface area contributed by atoms with Crippen LogP contribution >= 0.6 is 0 Å². The van der Waals surface area contributed by atoms with Crippen molar-refractivity contribution in [2.24, 2.45) is 0 Å². The zero-order valence-corrected chi connectivity index (χ0v) is 12.5. The van der Waals surface area contributed by atoms with Gasteiger partial charge in [-0.2, -0.15) is 0 Å². The smallest absolute Gasteiger partial charge is 0.0547 e. The minimum Gasteiger partial charge on any atom is -0.306 e. The van der Waals surface area contributed by atoms with Gasteiger partial charge in [0.1, 0.15) is 0 Å². The molecule has 1 N–H and O–H groups in total. The first kappa shape index (κ1) is 15.1. The van der Waals surface area contributed by atoms with Crippen molar-refractivity contribution < 1.29 is 0 Å². The van der Waals surface area contributed by atoms with Crippen LogP contribution in [-0.4, -0.2) is 28.5 Å². The molecule has 0 aliphatic heterocycles. The van der Waals surface area contributed by atoms with Gasteiger partial charge < -0.3 is 5.32 Å². The normalized spacial score (nSPS) is 12.1. The summed E-state index contributed by atoms with van der Waals surface area (Å²) >= 11 is 0. The average Bonchev–Trinajstić information content (AvgIpc) is 2.33. The third-order valence-electron chi connectivity index (χ3n) is 2.94. The molecule has 0 saturated heterocycles. The molecule has 0 aliphatic carbocycles. The van der Waals surface area contributed by atoms with Crippen molar-refractivity contribution in [1.29, 1.82) is 0 Å². The van der Waals surface area contributed by atoms with E-state index in [2.05, 4.69) is 63.0 Å². The number of rotatable bonds is 6. The first-order valence-electron chi connectivity index (χ1n) is 6.86. The van der Waals surface area contributed by atoms with Gasteiger partial charge in [-0.05, 0) is 46.0 Å². The largest absolute Gasteiger partial charge is 0.306 e. The highest BCUT2D eigenvalue weighted by Gasteiger charge is 2.09. The second kappa shape index (κ2) is 6.86. The Morgan fingerprint density at radius 3 is 2.28 bits per heavy atom. The third kappa shape index (κ3) is 5.61. The fourth-order valence-corrected chi connectivity index (χ4v) is 1.75. The summed E-state index contributed by atoms with van der Waals surface area (Å²) in [7, 11) is 0. The number of hydrogen-bond donors (Lipinski definition) is 1. The number of nitrogens with one attached hydrogen (secondary N) is 1. The SMILES string of the molecule is CCN(CC)Cc1cccc(CNC(C)(C)C)n1. The van der Waals surface area contributed by atoms with Crippen molar-refractivity contribution in [2.45, 2.75) is 53.2 Å². The van der Waals surface area contributed by atoms with Crippen LogP contribution in [0.15, 0.2) is 18.2 Å². The Morgan fingerprint density at radius 1 is 1.11 bits per heavy atom. The summed E-state index contributed by atoms with van der Waals surface area (Å²) in [5.41, 5.74) is 2.41. The van der Waals surface area contributed by atoms with Gasteiger partial charge in [-0.1, -0.05) is 19.9 Å². The molecule has 0 atom stereocenters. The lowest BCUT2D eigenvalue weighted by atomic mass is 10.1. The van der Waals surface area contributed by atoms with E-state index in [4.69, 9.17) is 4.98 Å². The van der Waals surface area contributed by atoms with Crippen LogP contribution in [0.4, 0.5) is 0 Å². The number of nitrogens with zero attached hydrogens (tertiary/aromatic N) is 2. The van der Waals surface area contributed by atoms with Crippen LogP contribution in [0.1, 0.15) is 46.0 Å². The summed E-state index contributed by atoms with van der Waals surface area (Å²) in [5.74, 6) is 0. The van der Waals surface area contributed by atoms with Gasteiger partial charge >= 0.3 is 0 Å². The van der Waals surface area contributed by atoms with Crippen molar-refractivity contribution in [3.8, 4) is 0 Å². The maximum atomic E-state index is 4.71.